The van der Waals surface area contributed by atoms with Gasteiger partial charge in [-0.05, 0) is 25.8 Å². The summed E-state index contributed by atoms with van der Waals surface area (Å²) < 4.78 is 16.8. The van der Waals surface area contributed by atoms with E-state index in [0.717, 1.165) is 18.9 Å². The topological polar surface area (TPSA) is 39.7 Å². The zero-order valence-electron chi connectivity index (χ0n) is 11.7. The molecule has 0 amide bonds. The van der Waals surface area contributed by atoms with Crippen LogP contribution < -0.4 is 5.32 Å². The van der Waals surface area contributed by atoms with Crippen LogP contribution in [0.1, 0.15) is 32.1 Å². The second-order valence-electron chi connectivity index (χ2n) is 5.45. The molecule has 1 N–H and O–H groups in total. The van der Waals surface area contributed by atoms with E-state index in [2.05, 4.69) is 5.32 Å². The smallest absolute Gasteiger partial charge is 0.0991 e. The van der Waals surface area contributed by atoms with Crippen molar-refractivity contribution in [3.05, 3.63) is 0 Å². The van der Waals surface area contributed by atoms with Gasteiger partial charge in [0.05, 0.1) is 25.4 Å². The van der Waals surface area contributed by atoms with Crippen LogP contribution in [0.3, 0.4) is 0 Å². The van der Waals surface area contributed by atoms with Gasteiger partial charge in [0.25, 0.3) is 0 Å². The van der Waals surface area contributed by atoms with Gasteiger partial charge >= 0.3 is 0 Å². The van der Waals surface area contributed by atoms with Crippen molar-refractivity contribution in [2.75, 3.05) is 34.0 Å². The molecule has 0 aromatic carbocycles. The number of rotatable bonds is 9. The van der Waals surface area contributed by atoms with E-state index in [9.17, 15) is 0 Å². The van der Waals surface area contributed by atoms with E-state index in [-0.39, 0.29) is 12.2 Å². The van der Waals surface area contributed by atoms with Crippen molar-refractivity contribution >= 4 is 0 Å². The third kappa shape index (κ3) is 3.67. The number of hydrogen-bond donors (Lipinski definition) is 1. The van der Waals surface area contributed by atoms with Crippen LogP contribution in [0.4, 0.5) is 0 Å². The fourth-order valence-electron chi connectivity index (χ4n) is 2.69. The first kappa shape index (κ1) is 14.3. The lowest BCUT2D eigenvalue weighted by Gasteiger charge is -2.44. The molecule has 3 unspecified atom stereocenters. The summed E-state index contributed by atoms with van der Waals surface area (Å²) in [5, 5.41) is 3.28. The largest absolute Gasteiger partial charge is 0.382 e. The monoisotopic (exact) mass is 257 g/mol. The lowest BCUT2D eigenvalue weighted by atomic mass is 9.83. The van der Waals surface area contributed by atoms with Gasteiger partial charge in [-0.1, -0.05) is 19.3 Å². The van der Waals surface area contributed by atoms with E-state index in [4.69, 9.17) is 14.2 Å². The molecule has 2 aliphatic carbocycles. The van der Waals surface area contributed by atoms with Crippen molar-refractivity contribution in [1.29, 1.82) is 0 Å². The fraction of sp³-hybridized carbons (Fsp3) is 1.00. The summed E-state index contributed by atoms with van der Waals surface area (Å²) in [7, 11) is 3.69. The molecule has 2 rings (SSSR count). The Morgan fingerprint density at radius 3 is 2.56 bits per heavy atom. The van der Waals surface area contributed by atoms with Gasteiger partial charge in [-0.25, -0.2) is 0 Å². The van der Waals surface area contributed by atoms with E-state index < -0.39 is 0 Å². The summed E-state index contributed by atoms with van der Waals surface area (Å²) in [6.07, 6.45) is 7.00. The number of likely N-dealkylation sites (N-methyl/N-ethyl adjacent to an activating group) is 1. The van der Waals surface area contributed by atoms with Crippen LogP contribution in [-0.2, 0) is 14.2 Å². The van der Waals surface area contributed by atoms with Crippen LogP contribution in [0, 0.1) is 5.92 Å². The summed E-state index contributed by atoms with van der Waals surface area (Å²) in [6.45, 7) is 2.21. The zero-order chi connectivity index (χ0) is 12.8. The molecule has 0 heterocycles. The Hall–Kier alpha value is -0.160. The normalized spacial score (nSPS) is 32.0. The Morgan fingerprint density at radius 2 is 1.94 bits per heavy atom. The van der Waals surface area contributed by atoms with Crippen LogP contribution in [0.2, 0.25) is 0 Å². The van der Waals surface area contributed by atoms with E-state index in [0.29, 0.717) is 19.3 Å². The Morgan fingerprint density at radius 1 is 1.11 bits per heavy atom. The standard InChI is InChI=1S/C14H27NO3/c1-15-12-10-13(14(12)18-9-8-16-2)17-7-6-11-4-3-5-11/h11-15H,3-10H2,1-2H3. The average molecular weight is 257 g/mol. The van der Waals surface area contributed by atoms with Crippen LogP contribution in [0.15, 0.2) is 0 Å². The molecule has 3 atom stereocenters. The SMILES string of the molecule is CNC1CC(OCCC2CCC2)C1OCCOC. The van der Waals surface area contributed by atoms with Crippen molar-refractivity contribution in [2.24, 2.45) is 5.92 Å². The molecule has 2 aliphatic rings. The van der Waals surface area contributed by atoms with E-state index in [1.165, 1.54) is 25.7 Å². The summed E-state index contributed by atoms with van der Waals surface area (Å²) in [6, 6.07) is 0.440. The molecule has 2 saturated carbocycles. The van der Waals surface area contributed by atoms with Gasteiger partial charge in [0.1, 0.15) is 0 Å². The third-order valence-corrected chi connectivity index (χ3v) is 4.30. The number of ether oxygens (including phenoxy) is 3. The second-order valence-corrected chi connectivity index (χ2v) is 5.45. The van der Waals surface area contributed by atoms with Crippen LogP contribution >= 0.6 is 0 Å². The number of nitrogens with one attached hydrogen (secondary N) is 1. The predicted molar refractivity (Wildman–Crippen MR) is 70.8 cm³/mol. The summed E-state index contributed by atoms with van der Waals surface area (Å²) in [5.41, 5.74) is 0. The Bertz CT molecular complexity index is 233. The second kappa shape index (κ2) is 7.43. The summed E-state index contributed by atoms with van der Waals surface area (Å²) in [5.74, 6) is 0.929. The van der Waals surface area contributed by atoms with E-state index in [1.807, 2.05) is 7.05 Å². The van der Waals surface area contributed by atoms with Crippen LogP contribution in [0.5, 0.6) is 0 Å². The molecule has 0 spiro atoms. The minimum Gasteiger partial charge on any atom is -0.382 e. The van der Waals surface area contributed by atoms with Crippen molar-refractivity contribution in [1.82, 2.24) is 5.32 Å². The molecule has 0 aliphatic heterocycles. The highest BCUT2D eigenvalue weighted by atomic mass is 16.6. The van der Waals surface area contributed by atoms with Gasteiger partial charge in [-0.3, -0.25) is 0 Å². The first-order chi connectivity index (χ1) is 8.85. The van der Waals surface area contributed by atoms with Gasteiger partial charge in [0, 0.05) is 19.8 Å². The minimum atomic E-state index is 0.201. The van der Waals surface area contributed by atoms with Gasteiger partial charge in [0.2, 0.25) is 0 Å². The van der Waals surface area contributed by atoms with Crippen LogP contribution in [0.25, 0.3) is 0 Å². The molecule has 18 heavy (non-hydrogen) atoms. The maximum Gasteiger partial charge on any atom is 0.0991 e. The summed E-state index contributed by atoms with van der Waals surface area (Å²) in [4.78, 5) is 0. The predicted octanol–water partition coefficient (Wildman–Crippen LogP) is 1.59. The fourth-order valence-corrected chi connectivity index (χ4v) is 2.69. The first-order valence-electron chi connectivity index (χ1n) is 7.24. The van der Waals surface area contributed by atoms with Crippen molar-refractivity contribution in [2.45, 2.75) is 50.4 Å². The molecule has 0 radical (unpaired) electrons. The molecule has 0 aromatic heterocycles. The molecular weight excluding hydrogens is 230 g/mol. The highest BCUT2D eigenvalue weighted by molar-refractivity contribution is 4.96. The van der Waals surface area contributed by atoms with Gasteiger partial charge in [-0.15, -0.1) is 0 Å². The maximum atomic E-state index is 5.95. The highest BCUT2D eigenvalue weighted by Crippen LogP contribution is 2.31. The van der Waals surface area contributed by atoms with Crippen LogP contribution in [-0.4, -0.2) is 52.2 Å². The first-order valence-corrected chi connectivity index (χ1v) is 7.24. The molecule has 4 nitrogen and oxygen atoms in total. The number of hydrogen-bond acceptors (Lipinski definition) is 4. The quantitative estimate of drug-likeness (QED) is 0.637. The highest BCUT2D eigenvalue weighted by Gasteiger charge is 2.41. The molecular formula is C14H27NO3. The average Bonchev–Trinajstić information content (AvgIpc) is 2.30. The lowest BCUT2D eigenvalue weighted by molar-refractivity contribution is -0.152. The van der Waals surface area contributed by atoms with Crippen molar-refractivity contribution in [3.8, 4) is 0 Å². The molecule has 2 fully saturated rings. The molecule has 0 saturated heterocycles. The third-order valence-electron chi connectivity index (χ3n) is 4.30. The molecule has 106 valence electrons. The van der Waals surface area contributed by atoms with Crippen molar-refractivity contribution in [3.63, 3.8) is 0 Å². The van der Waals surface area contributed by atoms with Gasteiger partial charge in [0.15, 0.2) is 0 Å². The zero-order valence-corrected chi connectivity index (χ0v) is 11.7. The maximum absolute atomic E-state index is 5.95. The lowest BCUT2D eigenvalue weighted by Crippen LogP contribution is -2.59. The van der Waals surface area contributed by atoms with E-state index >= 15 is 0 Å². The summed E-state index contributed by atoms with van der Waals surface area (Å²) >= 11 is 0. The molecule has 0 aromatic rings. The van der Waals surface area contributed by atoms with E-state index in [1.54, 1.807) is 7.11 Å². The minimum absolute atomic E-state index is 0.201. The Labute approximate surface area is 110 Å². The van der Waals surface area contributed by atoms with Gasteiger partial charge < -0.3 is 19.5 Å². The number of methoxy groups -OCH3 is 1. The molecule has 4 heteroatoms. The van der Waals surface area contributed by atoms with Gasteiger partial charge in [-0.2, -0.15) is 0 Å². The Kier molecular flexibility index (Phi) is 5.89. The molecule has 0 bridgehead atoms. The Balaban J connectivity index is 1.60. The van der Waals surface area contributed by atoms with Crippen molar-refractivity contribution < 1.29 is 14.2 Å².